The summed E-state index contributed by atoms with van der Waals surface area (Å²) in [6.45, 7) is 2.08. The van der Waals surface area contributed by atoms with Crippen LogP contribution in [0.3, 0.4) is 0 Å². The summed E-state index contributed by atoms with van der Waals surface area (Å²) in [7, 11) is 0. The smallest absolute Gasteiger partial charge is 0.364 e. The van der Waals surface area contributed by atoms with Crippen LogP contribution in [0.25, 0.3) is 0 Å². The Morgan fingerprint density at radius 1 is 1.67 bits per heavy atom. The summed E-state index contributed by atoms with van der Waals surface area (Å²) in [5, 5.41) is 10.9. The molecule has 0 amide bonds. The molecule has 1 saturated heterocycles. The van der Waals surface area contributed by atoms with E-state index in [1.165, 1.54) is 6.92 Å². The Kier molecular flexibility index (Phi) is 1.42. The van der Waals surface area contributed by atoms with Crippen molar-refractivity contribution in [3.8, 4) is 0 Å². The van der Waals surface area contributed by atoms with Crippen LogP contribution in [0.5, 0.6) is 0 Å². The highest BCUT2D eigenvalue weighted by Gasteiger charge is 2.30. The first-order valence-corrected chi connectivity index (χ1v) is 2.91. The average molecular weight is 131 g/mol. The number of quaternary nitrogens is 1. The quantitative estimate of drug-likeness (QED) is 0.377. The van der Waals surface area contributed by atoms with Gasteiger partial charge in [-0.1, -0.05) is 0 Å². The fraction of sp³-hybridized carbons (Fsp3) is 0.800. The van der Waals surface area contributed by atoms with E-state index in [4.69, 9.17) is 0 Å². The highest BCUT2D eigenvalue weighted by Crippen LogP contribution is 2.17. The summed E-state index contributed by atoms with van der Waals surface area (Å²) in [5.41, 5.74) is 0. The van der Waals surface area contributed by atoms with Crippen LogP contribution in [0.2, 0.25) is 0 Å². The number of carbonyl (C=O) groups is 1. The molecular formula is C5H9NO3. The van der Waals surface area contributed by atoms with E-state index >= 15 is 0 Å². The van der Waals surface area contributed by atoms with Gasteiger partial charge in [0.05, 0.1) is 6.42 Å². The van der Waals surface area contributed by atoms with Crippen LogP contribution in [0, 0.1) is 5.21 Å². The Balaban J connectivity index is 2.33. The summed E-state index contributed by atoms with van der Waals surface area (Å²) in [6, 6.07) is 0. The zero-order valence-electron chi connectivity index (χ0n) is 5.29. The number of hydroxylamine groups is 4. The van der Waals surface area contributed by atoms with Crippen molar-refractivity contribution in [3.63, 3.8) is 0 Å². The van der Waals surface area contributed by atoms with Crippen molar-refractivity contribution in [2.45, 2.75) is 13.3 Å². The first-order valence-electron chi connectivity index (χ1n) is 2.91. The van der Waals surface area contributed by atoms with Gasteiger partial charge in [0.1, 0.15) is 13.1 Å². The van der Waals surface area contributed by atoms with Gasteiger partial charge in [-0.25, -0.2) is 4.79 Å². The molecule has 0 radical (unpaired) electrons. The number of hydrogen-bond acceptors (Lipinski definition) is 3. The summed E-state index contributed by atoms with van der Waals surface area (Å²) in [5.74, 6) is -0.496. The molecular weight excluding hydrogens is 122 g/mol. The lowest BCUT2D eigenvalue weighted by Gasteiger charge is -2.43. The predicted octanol–water partition coefficient (Wildman–Crippen LogP) is 0.183. The number of nitrogens with zero attached hydrogens (tertiary/aromatic N) is 1. The van der Waals surface area contributed by atoms with Crippen molar-refractivity contribution in [1.29, 1.82) is 0 Å². The summed E-state index contributed by atoms with van der Waals surface area (Å²) >= 11 is 0. The maximum Gasteiger partial charge on any atom is 0.364 e. The first-order chi connectivity index (χ1) is 4.12. The molecule has 0 aromatic rings. The van der Waals surface area contributed by atoms with Gasteiger partial charge in [0.15, 0.2) is 0 Å². The molecule has 0 saturated carbocycles. The minimum absolute atomic E-state index is 0.416. The normalized spacial score (nSPS) is 22.4. The van der Waals surface area contributed by atoms with E-state index in [2.05, 4.69) is 4.84 Å². The average Bonchev–Trinajstić information content (AvgIpc) is 1.60. The van der Waals surface area contributed by atoms with Crippen molar-refractivity contribution in [2.24, 2.45) is 0 Å². The Bertz CT molecular complexity index is 130. The molecule has 0 bridgehead atoms. The molecule has 0 aromatic carbocycles. The summed E-state index contributed by atoms with van der Waals surface area (Å²) < 4.78 is 0. The van der Waals surface area contributed by atoms with E-state index in [0.717, 1.165) is 6.42 Å². The van der Waals surface area contributed by atoms with Crippen molar-refractivity contribution < 1.29 is 14.4 Å². The third kappa shape index (κ3) is 1.40. The van der Waals surface area contributed by atoms with Gasteiger partial charge in [0.25, 0.3) is 0 Å². The highest BCUT2D eigenvalue weighted by molar-refractivity contribution is 5.65. The number of rotatable bonds is 1. The lowest BCUT2D eigenvalue weighted by molar-refractivity contribution is -1.08. The molecule has 4 nitrogen and oxygen atoms in total. The second kappa shape index (κ2) is 1.97. The third-order valence-corrected chi connectivity index (χ3v) is 1.29. The van der Waals surface area contributed by atoms with E-state index < -0.39 is 10.8 Å². The van der Waals surface area contributed by atoms with Crippen LogP contribution in [0.4, 0.5) is 0 Å². The lowest BCUT2D eigenvalue weighted by Crippen LogP contribution is -2.53. The molecule has 0 spiro atoms. The third-order valence-electron chi connectivity index (χ3n) is 1.29. The van der Waals surface area contributed by atoms with Gasteiger partial charge in [0.2, 0.25) is 0 Å². The van der Waals surface area contributed by atoms with Crippen LogP contribution in [0.1, 0.15) is 13.3 Å². The molecule has 1 aliphatic rings. The fourth-order valence-corrected chi connectivity index (χ4v) is 0.742. The van der Waals surface area contributed by atoms with Crippen molar-refractivity contribution in [2.75, 3.05) is 13.1 Å². The van der Waals surface area contributed by atoms with E-state index in [1.54, 1.807) is 0 Å². The van der Waals surface area contributed by atoms with Crippen molar-refractivity contribution in [1.82, 2.24) is 0 Å². The van der Waals surface area contributed by atoms with Crippen LogP contribution in [-0.2, 0) is 9.63 Å². The Morgan fingerprint density at radius 2 is 2.22 bits per heavy atom. The molecule has 1 fully saturated rings. The number of carbonyl (C=O) groups excluding carboxylic acids is 1. The number of hydrogen-bond donors (Lipinski definition) is 0. The molecule has 0 unspecified atom stereocenters. The fourth-order valence-electron chi connectivity index (χ4n) is 0.742. The SMILES string of the molecule is CC(=O)O[N+]1([O-])CCC1. The molecule has 1 heterocycles. The van der Waals surface area contributed by atoms with Crippen molar-refractivity contribution >= 4 is 5.97 Å². The van der Waals surface area contributed by atoms with Crippen LogP contribution in [0.15, 0.2) is 0 Å². The molecule has 4 heteroatoms. The monoisotopic (exact) mass is 131 g/mol. The topological polar surface area (TPSA) is 49.4 Å². The Morgan fingerprint density at radius 3 is 2.33 bits per heavy atom. The van der Waals surface area contributed by atoms with Gasteiger partial charge in [-0.05, 0) is 0 Å². The molecule has 1 rings (SSSR count). The van der Waals surface area contributed by atoms with Gasteiger partial charge >= 0.3 is 5.97 Å². The second-order valence-corrected chi connectivity index (χ2v) is 2.20. The minimum atomic E-state index is -0.769. The Labute approximate surface area is 53.1 Å². The van der Waals surface area contributed by atoms with Gasteiger partial charge < -0.3 is 5.21 Å². The van der Waals surface area contributed by atoms with E-state index in [0.29, 0.717) is 13.1 Å². The van der Waals surface area contributed by atoms with E-state index in [9.17, 15) is 10.0 Å². The molecule has 0 aromatic heterocycles. The van der Waals surface area contributed by atoms with Crippen LogP contribution in [-0.4, -0.2) is 23.9 Å². The second-order valence-electron chi connectivity index (χ2n) is 2.20. The zero-order chi connectivity index (χ0) is 6.91. The highest BCUT2D eigenvalue weighted by atomic mass is 16.9. The molecule has 0 N–H and O–H groups in total. The largest absolute Gasteiger partial charge is 0.589 e. The first kappa shape index (κ1) is 6.51. The minimum Gasteiger partial charge on any atom is -0.589 e. The summed E-state index contributed by atoms with van der Waals surface area (Å²) in [6.07, 6.45) is 0.858. The maximum absolute atomic E-state index is 10.9. The van der Waals surface area contributed by atoms with Gasteiger partial charge in [-0.15, -0.1) is 0 Å². The van der Waals surface area contributed by atoms with E-state index in [-0.39, 0.29) is 0 Å². The molecule has 0 atom stereocenters. The predicted molar refractivity (Wildman–Crippen MR) is 29.7 cm³/mol. The van der Waals surface area contributed by atoms with Gasteiger partial charge in [-0.2, -0.15) is 4.81 Å². The van der Waals surface area contributed by atoms with E-state index in [1.807, 2.05) is 0 Å². The lowest BCUT2D eigenvalue weighted by atomic mass is 10.3. The molecule has 0 aliphatic carbocycles. The van der Waals surface area contributed by atoms with Gasteiger partial charge in [0, 0.05) is 6.92 Å². The summed E-state index contributed by atoms with van der Waals surface area (Å²) in [4.78, 5) is 13.9. The zero-order valence-corrected chi connectivity index (χ0v) is 5.29. The van der Waals surface area contributed by atoms with Crippen LogP contribution < -0.4 is 0 Å². The van der Waals surface area contributed by atoms with Crippen molar-refractivity contribution in [3.05, 3.63) is 5.21 Å². The standard InChI is InChI=1S/C5H9NO3/c1-5(7)9-6(8)3-2-4-6/h2-4H2,1H3. The van der Waals surface area contributed by atoms with Crippen LogP contribution >= 0.6 is 0 Å². The maximum atomic E-state index is 10.9. The Hall–Kier alpha value is -0.610. The molecule has 1 aliphatic heterocycles. The molecule has 9 heavy (non-hydrogen) atoms. The molecule has 52 valence electrons. The van der Waals surface area contributed by atoms with Gasteiger partial charge in [-0.3, -0.25) is 4.84 Å².